The van der Waals surface area contributed by atoms with Gasteiger partial charge in [-0.3, -0.25) is 4.79 Å². The van der Waals surface area contributed by atoms with Crippen LogP contribution in [0.4, 0.5) is 0 Å². The quantitative estimate of drug-likeness (QED) is 0.560. The van der Waals surface area contributed by atoms with Crippen molar-refractivity contribution in [3.8, 4) is 0 Å². The third-order valence-corrected chi connectivity index (χ3v) is 9.23. The second-order valence-corrected chi connectivity index (χ2v) is 11.4. The third-order valence-electron chi connectivity index (χ3n) is 6.18. The number of sulfonamides is 1. The second-order valence-electron chi connectivity index (χ2n) is 8.49. The fraction of sp³-hybridized carbons (Fsp3) is 0.417. The number of thiazole rings is 1. The van der Waals surface area contributed by atoms with Gasteiger partial charge < -0.3 is 4.57 Å². The highest BCUT2D eigenvalue weighted by Gasteiger charge is 2.32. The van der Waals surface area contributed by atoms with Gasteiger partial charge in [0.1, 0.15) is 0 Å². The molecule has 0 spiro atoms. The largest absolute Gasteiger partial charge is 0.319 e. The Kier molecular flexibility index (Phi) is 6.38. The number of aryl methyl sites for hydroxylation is 3. The van der Waals surface area contributed by atoms with Gasteiger partial charge in [-0.25, -0.2) is 8.42 Å². The topological polar surface area (TPSA) is 71.7 Å². The molecule has 1 aliphatic heterocycles. The van der Waals surface area contributed by atoms with Gasteiger partial charge in [-0.1, -0.05) is 30.7 Å². The SMILES string of the molecule is CCC1CCCCN1S(=O)(=O)c1ccc(C(=O)N=c2sc3cc(C)cc(C)c3n2C)cc1. The number of carbonyl (C=O) groups is 1. The number of nitrogens with zero attached hydrogens (tertiary/aromatic N) is 3. The summed E-state index contributed by atoms with van der Waals surface area (Å²) in [5.74, 6) is -0.380. The lowest BCUT2D eigenvalue weighted by atomic mass is 10.0. The zero-order valence-electron chi connectivity index (χ0n) is 19.0. The molecule has 1 unspecified atom stereocenters. The summed E-state index contributed by atoms with van der Waals surface area (Å²) in [6.07, 6.45) is 3.65. The lowest BCUT2D eigenvalue weighted by Gasteiger charge is -2.34. The Morgan fingerprint density at radius 1 is 1.16 bits per heavy atom. The van der Waals surface area contributed by atoms with E-state index in [0.717, 1.165) is 41.5 Å². The number of carbonyl (C=O) groups excluding carboxylic acids is 1. The van der Waals surface area contributed by atoms with E-state index in [9.17, 15) is 13.2 Å². The molecule has 3 aromatic rings. The average molecular weight is 472 g/mol. The van der Waals surface area contributed by atoms with Gasteiger partial charge in [0.15, 0.2) is 4.80 Å². The number of benzene rings is 2. The molecule has 32 heavy (non-hydrogen) atoms. The van der Waals surface area contributed by atoms with Gasteiger partial charge >= 0.3 is 0 Å². The first-order chi connectivity index (χ1) is 15.2. The fourth-order valence-corrected chi connectivity index (χ4v) is 7.50. The molecular formula is C24H29N3O3S2. The van der Waals surface area contributed by atoms with E-state index >= 15 is 0 Å². The van der Waals surface area contributed by atoms with Crippen LogP contribution in [0.2, 0.25) is 0 Å². The number of aromatic nitrogens is 1. The van der Waals surface area contributed by atoms with Crippen molar-refractivity contribution in [1.82, 2.24) is 8.87 Å². The number of fused-ring (bicyclic) bond motifs is 1. The van der Waals surface area contributed by atoms with E-state index in [0.29, 0.717) is 16.9 Å². The van der Waals surface area contributed by atoms with Crippen LogP contribution in [0.25, 0.3) is 10.2 Å². The summed E-state index contributed by atoms with van der Waals surface area (Å²) < 4.78 is 30.9. The van der Waals surface area contributed by atoms with Gasteiger partial charge in [-0.2, -0.15) is 9.30 Å². The van der Waals surface area contributed by atoms with Crippen LogP contribution in [0.3, 0.4) is 0 Å². The van der Waals surface area contributed by atoms with Gasteiger partial charge in [-0.15, -0.1) is 0 Å². The molecule has 4 rings (SSSR count). The van der Waals surface area contributed by atoms with Gasteiger partial charge in [0.05, 0.1) is 15.1 Å². The Hall–Kier alpha value is -2.29. The standard InChI is InChI=1S/C24H29N3O3S2/c1-5-19-8-6-7-13-27(19)32(29,30)20-11-9-18(10-12-20)23(28)25-24-26(4)22-17(3)14-16(2)15-21(22)31-24/h9-12,14-15,19H,5-8,13H2,1-4H3. The van der Waals surface area contributed by atoms with Gasteiger partial charge in [0.2, 0.25) is 10.0 Å². The molecule has 0 saturated carbocycles. The van der Waals surface area contributed by atoms with Gasteiger partial charge in [-0.05, 0) is 74.6 Å². The number of amides is 1. The van der Waals surface area contributed by atoms with Gasteiger partial charge in [0, 0.05) is 25.2 Å². The number of hydrogen-bond donors (Lipinski definition) is 0. The summed E-state index contributed by atoms with van der Waals surface area (Å²) >= 11 is 1.48. The van der Waals surface area contributed by atoms with E-state index in [2.05, 4.69) is 31.0 Å². The van der Waals surface area contributed by atoms with Crippen molar-refractivity contribution in [3.05, 3.63) is 57.9 Å². The predicted octanol–water partition coefficient (Wildman–Crippen LogP) is 4.55. The molecule has 1 atom stereocenters. The van der Waals surface area contributed by atoms with Gasteiger partial charge in [0.25, 0.3) is 5.91 Å². The molecular weight excluding hydrogens is 442 g/mol. The fourth-order valence-electron chi connectivity index (χ4n) is 4.54. The van der Waals surface area contributed by atoms with Crippen molar-refractivity contribution in [2.24, 2.45) is 12.0 Å². The van der Waals surface area contributed by atoms with Crippen molar-refractivity contribution >= 4 is 37.5 Å². The average Bonchev–Trinajstić information content (AvgIpc) is 3.08. The first-order valence-corrected chi connectivity index (χ1v) is 13.3. The zero-order valence-corrected chi connectivity index (χ0v) is 20.6. The van der Waals surface area contributed by atoms with Crippen LogP contribution in [0.15, 0.2) is 46.3 Å². The summed E-state index contributed by atoms with van der Waals surface area (Å²) in [5.41, 5.74) is 3.76. The maximum absolute atomic E-state index is 13.1. The van der Waals surface area contributed by atoms with Crippen LogP contribution in [0.5, 0.6) is 0 Å². The molecule has 170 valence electrons. The summed E-state index contributed by atoms with van der Waals surface area (Å²) in [6, 6.07) is 10.4. The maximum atomic E-state index is 13.1. The van der Waals surface area contributed by atoms with E-state index < -0.39 is 10.0 Å². The highest BCUT2D eigenvalue weighted by atomic mass is 32.2. The first kappa shape index (κ1) is 22.9. The molecule has 2 aromatic carbocycles. The minimum absolute atomic E-state index is 0.0464. The Morgan fingerprint density at radius 3 is 2.56 bits per heavy atom. The lowest BCUT2D eigenvalue weighted by Crippen LogP contribution is -2.43. The molecule has 1 aliphatic rings. The lowest BCUT2D eigenvalue weighted by molar-refractivity contribution is 0.0998. The van der Waals surface area contributed by atoms with E-state index in [1.54, 1.807) is 16.4 Å². The number of hydrogen-bond acceptors (Lipinski definition) is 4. The van der Waals surface area contributed by atoms with Crippen molar-refractivity contribution in [1.29, 1.82) is 0 Å². The molecule has 1 amide bonds. The molecule has 1 fully saturated rings. The zero-order chi connectivity index (χ0) is 23.0. The number of piperidine rings is 1. The van der Waals surface area contributed by atoms with Crippen LogP contribution in [-0.4, -0.2) is 35.8 Å². The molecule has 0 aliphatic carbocycles. The Labute approximate surface area is 193 Å². The number of rotatable bonds is 4. The highest BCUT2D eigenvalue weighted by Crippen LogP contribution is 2.27. The molecule has 1 aromatic heterocycles. The van der Waals surface area contributed by atoms with Crippen LogP contribution in [0, 0.1) is 13.8 Å². The van der Waals surface area contributed by atoms with Crippen molar-refractivity contribution < 1.29 is 13.2 Å². The molecule has 1 saturated heterocycles. The maximum Gasteiger partial charge on any atom is 0.279 e. The molecule has 0 bridgehead atoms. The van der Waals surface area contributed by atoms with Crippen molar-refractivity contribution in [3.63, 3.8) is 0 Å². The van der Waals surface area contributed by atoms with Crippen LogP contribution >= 0.6 is 11.3 Å². The predicted molar refractivity (Wildman–Crippen MR) is 128 cm³/mol. The van der Waals surface area contributed by atoms with Crippen LogP contribution in [-0.2, 0) is 17.1 Å². The van der Waals surface area contributed by atoms with Crippen molar-refractivity contribution in [2.45, 2.75) is 57.4 Å². The molecule has 6 nitrogen and oxygen atoms in total. The minimum atomic E-state index is -3.57. The smallest absolute Gasteiger partial charge is 0.279 e. The Bertz CT molecular complexity index is 1340. The highest BCUT2D eigenvalue weighted by molar-refractivity contribution is 7.89. The van der Waals surface area contributed by atoms with E-state index in [4.69, 9.17) is 0 Å². The monoisotopic (exact) mass is 471 g/mol. The summed E-state index contributed by atoms with van der Waals surface area (Å²) in [7, 11) is -1.66. The normalized spacial score (nSPS) is 18.4. The van der Waals surface area contributed by atoms with E-state index in [1.807, 2.05) is 18.5 Å². The van der Waals surface area contributed by atoms with E-state index in [-0.39, 0.29) is 16.8 Å². The Balaban J connectivity index is 1.64. The molecule has 8 heteroatoms. The van der Waals surface area contributed by atoms with Crippen molar-refractivity contribution in [2.75, 3.05) is 6.54 Å². The molecule has 2 heterocycles. The molecule has 0 radical (unpaired) electrons. The van der Waals surface area contributed by atoms with Crippen LogP contribution in [0.1, 0.15) is 54.1 Å². The van der Waals surface area contributed by atoms with Crippen LogP contribution < -0.4 is 4.80 Å². The summed E-state index contributed by atoms with van der Waals surface area (Å²) in [4.78, 5) is 18.0. The third kappa shape index (κ3) is 4.19. The summed E-state index contributed by atoms with van der Waals surface area (Å²) in [6.45, 7) is 6.69. The summed E-state index contributed by atoms with van der Waals surface area (Å²) in [5, 5.41) is 0. The second kappa shape index (κ2) is 8.92. The Morgan fingerprint density at radius 2 is 1.88 bits per heavy atom. The minimum Gasteiger partial charge on any atom is -0.319 e. The molecule has 0 N–H and O–H groups in total. The first-order valence-electron chi connectivity index (χ1n) is 11.0. The van der Waals surface area contributed by atoms with E-state index in [1.165, 1.54) is 29.0 Å².